The summed E-state index contributed by atoms with van der Waals surface area (Å²) in [7, 11) is 1.53. The summed E-state index contributed by atoms with van der Waals surface area (Å²) in [5.74, 6) is 0.269. The number of nitriles is 1. The van der Waals surface area contributed by atoms with E-state index in [0.29, 0.717) is 48.3 Å². The SMILES string of the molecule is CNC(=O)c1cc(C(=O)NC2[C@H]3COC[C@@H]23)cc(Cc2ccc(C#N)cc2)n1. The van der Waals surface area contributed by atoms with E-state index in [1.165, 1.54) is 13.1 Å². The van der Waals surface area contributed by atoms with E-state index >= 15 is 0 Å². The zero-order valence-corrected chi connectivity index (χ0v) is 15.4. The molecule has 1 aliphatic carbocycles. The molecule has 2 amide bonds. The van der Waals surface area contributed by atoms with E-state index < -0.39 is 0 Å². The number of hydrogen-bond acceptors (Lipinski definition) is 5. The van der Waals surface area contributed by atoms with Gasteiger partial charge in [0.15, 0.2) is 0 Å². The predicted octanol–water partition coefficient (Wildman–Crippen LogP) is 1.28. The van der Waals surface area contributed by atoms with Gasteiger partial charge in [-0.25, -0.2) is 4.98 Å². The highest BCUT2D eigenvalue weighted by atomic mass is 16.5. The number of carbonyl (C=O) groups excluding carboxylic acids is 2. The largest absolute Gasteiger partial charge is 0.381 e. The number of hydrogen-bond donors (Lipinski definition) is 2. The van der Waals surface area contributed by atoms with Crippen LogP contribution in [-0.4, -0.2) is 43.1 Å². The van der Waals surface area contributed by atoms with Crippen LogP contribution in [0.15, 0.2) is 36.4 Å². The van der Waals surface area contributed by atoms with Crippen molar-refractivity contribution in [1.82, 2.24) is 15.6 Å². The van der Waals surface area contributed by atoms with Crippen LogP contribution in [-0.2, 0) is 11.2 Å². The van der Waals surface area contributed by atoms with E-state index in [1.807, 2.05) is 12.1 Å². The normalized spacial score (nSPS) is 22.1. The molecule has 3 atom stereocenters. The number of rotatable bonds is 5. The summed E-state index contributed by atoms with van der Waals surface area (Å²) in [6.07, 6.45) is 0.458. The zero-order valence-electron chi connectivity index (χ0n) is 15.4. The van der Waals surface area contributed by atoms with Crippen molar-refractivity contribution in [2.24, 2.45) is 11.8 Å². The highest BCUT2D eigenvalue weighted by Gasteiger charge is 2.54. The standard InChI is InChI=1S/C21H20N4O3/c1-23-21(27)18-8-14(20(26)25-19-16-10-28-11-17(16)19)7-15(24-18)6-12-2-4-13(9-22)5-3-12/h2-5,7-8,16-17,19H,6,10-11H2,1H3,(H,23,27)(H,25,26)/t16-,17+,19?. The van der Waals surface area contributed by atoms with E-state index in [4.69, 9.17) is 10.00 Å². The molecule has 1 aromatic heterocycles. The highest BCUT2D eigenvalue weighted by molar-refractivity contribution is 5.98. The van der Waals surface area contributed by atoms with Crippen molar-refractivity contribution < 1.29 is 14.3 Å². The fourth-order valence-corrected chi connectivity index (χ4v) is 3.65. The number of nitrogens with zero attached hydrogens (tertiary/aromatic N) is 2. The molecular weight excluding hydrogens is 356 g/mol. The number of nitrogens with one attached hydrogen (secondary N) is 2. The lowest BCUT2D eigenvalue weighted by Crippen LogP contribution is -2.30. The Labute approximate surface area is 162 Å². The van der Waals surface area contributed by atoms with Crippen LogP contribution < -0.4 is 10.6 Å². The van der Waals surface area contributed by atoms with Gasteiger partial charge in [0.05, 0.1) is 24.8 Å². The summed E-state index contributed by atoms with van der Waals surface area (Å²) in [5.41, 5.74) is 2.77. The summed E-state index contributed by atoms with van der Waals surface area (Å²) < 4.78 is 5.36. The van der Waals surface area contributed by atoms with Crippen molar-refractivity contribution in [2.45, 2.75) is 12.5 Å². The van der Waals surface area contributed by atoms with Gasteiger partial charge in [0.1, 0.15) is 5.69 Å². The molecule has 1 aromatic carbocycles. The van der Waals surface area contributed by atoms with Gasteiger partial charge in [-0.3, -0.25) is 9.59 Å². The van der Waals surface area contributed by atoms with E-state index in [-0.39, 0.29) is 23.6 Å². The summed E-state index contributed by atoms with van der Waals surface area (Å²) >= 11 is 0. The Morgan fingerprint density at radius 3 is 2.54 bits per heavy atom. The minimum Gasteiger partial charge on any atom is -0.381 e. The first kappa shape index (κ1) is 18.1. The Morgan fingerprint density at radius 2 is 1.89 bits per heavy atom. The molecule has 1 saturated heterocycles. The summed E-state index contributed by atoms with van der Waals surface area (Å²) in [5, 5.41) is 14.5. The van der Waals surface area contributed by atoms with Gasteiger partial charge in [0.2, 0.25) is 0 Å². The Hall–Kier alpha value is -3.24. The molecule has 2 aliphatic rings. The lowest BCUT2D eigenvalue weighted by molar-refractivity contribution is 0.0928. The first-order valence-corrected chi connectivity index (χ1v) is 9.19. The number of pyridine rings is 1. The fraction of sp³-hybridized carbons (Fsp3) is 0.333. The van der Waals surface area contributed by atoms with Crippen molar-refractivity contribution in [3.8, 4) is 6.07 Å². The number of fused-ring (bicyclic) bond motifs is 1. The summed E-state index contributed by atoms with van der Waals surface area (Å²) in [4.78, 5) is 29.2. The average Bonchev–Trinajstić information content (AvgIpc) is 3.13. The lowest BCUT2D eigenvalue weighted by atomic mass is 10.0. The van der Waals surface area contributed by atoms with Gasteiger partial charge < -0.3 is 15.4 Å². The molecule has 0 radical (unpaired) electrons. The molecule has 2 N–H and O–H groups in total. The minimum absolute atomic E-state index is 0.153. The van der Waals surface area contributed by atoms with Crippen molar-refractivity contribution in [3.63, 3.8) is 0 Å². The molecule has 2 fully saturated rings. The Kier molecular flexibility index (Phi) is 4.80. The molecule has 1 unspecified atom stereocenters. The van der Waals surface area contributed by atoms with E-state index in [9.17, 15) is 9.59 Å². The second-order valence-corrected chi connectivity index (χ2v) is 7.16. The topological polar surface area (TPSA) is 104 Å². The second-order valence-electron chi connectivity index (χ2n) is 7.16. The third kappa shape index (κ3) is 3.59. The van der Waals surface area contributed by atoms with E-state index in [0.717, 1.165) is 5.56 Å². The molecule has 0 bridgehead atoms. The molecule has 1 aliphatic heterocycles. The van der Waals surface area contributed by atoms with Gasteiger partial charge in [-0.15, -0.1) is 0 Å². The molecule has 28 heavy (non-hydrogen) atoms. The van der Waals surface area contributed by atoms with Crippen molar-refractivity contribution in [1.29, 1.82) is 5.26 Å². The molecular formula is C21H20N4O3. The molecule has 7 heteroatoms. The zero-order chi connectivity index (χ0) is 19.7. The highest BCUT2D eigenvalue weighted by Crippen LogP contribution is 2.44. The van der Waals surface area contributed by atoms with Crippen LogP contribution in [0, 0.1) is 23.2 Å². The number of benzene rings is 1. The molecule has 142 valence electrons. The van der Waals surface area contributed by atoms with Gasteiger partial charge in [-0.05, 0) is 29.8 Å². The summed E-state index contributed by atoms with van der Waals surface area (Å²) in [6, 6.07) is 12.6. The van der Waals surface area contributed by atoms with Crippen molar-refractivity contribution in [2.75, 3.05) is 20.3 Å². The molecule has 0 spiro atoms. The maximum Gasteiger partial charge on any atom is 0.269 e. The summed E-state index contributed by atoms with van der Waals surface area (Å²) in [6.45, 7) is 1.39. The molecule has 4 rings (SSSR count). The van der Waals surface area contributed by atoms with Crippen molar-refractivity contribution >= 4 is 11.8 Å². The molecule has 2 heterocycles. The van der Waals surface area contributed by atoms with Gasteiger partial charge in [-0.2, -0.15) is 5.26 Å². The third-order valence-corrected chi connectivity index (χ3v) is 5.32. The van der Waals surface area contributed by atoms with Crippen LogP contribution in [0.2, 0.25) is 0 Å². The Balaban J connectivity index is 1.56. The van der Waals surface area contributed by atoms with Crippen LogP contribution in [0.3, 0.4) is 0 Å². The van der Waals surface area contributed by atoms with Gasteiger partial charge in [-0.1, -0.05) is 12.1 Å². The van der Waals surface area contributed by atoms with Gasteiger partial charge in [0.25, 0.3) is 11.8 Å². The fourth-order valence-electron chi connectivity index (χ4n) is 3.65. The van der Waals surface area contributed by atoms with E-state index in [1.54, 1.807) is 18.2 Å². The van der Waals surface area contributed by atoms with Crippen LogP contribution in [0.4, 0.5) is 0 Å². The average molecular weight is 376 g/mol. The number of carbonyl (C=O) groups is 2. The monoisotopic (exact) mass is 376 g/mol. The van der Waals surface area contributed by atoms with Gasteiger partial charge in [0, 0.05) is 42.6 Å². The third-order valence-electron chi connectivity index (χ3n) is 5.32. The maximum atomic E-state index is 12.7. The minimum atomic E-state index is -0.340. The van der Waals surface area contributed by atoms with Crippen LogP contribution in [0.25, 0.3) is 0 Å². The van der Waals surface area contributed by atoms with Crippen LogP contribution in [0.1, 0.15) is 37.7 Å². The number of amides is 2. The maximum absolute atomic E-state index is 12.7. The van der Waals surface area contributed by atoms with E-state index in [2.05, 4.69) is 21.7 Å². The smallest absolute Gasteiger partial charge is 0.269 e. The molecule has 1 saturated carbocycles. The quantitative estimate of drug-likeness (QED) is 0.818. The molecule has 2 aromatic rings. The van der Waals surface area contributed by atoms with Crippen LogP contribution >= 0.6 is 0 Å². The lowest BCUT2D eigenvalue weighted by Gasteiger charge is -2.11. The first-order chi connectivity index (χ1) is 13.6. The Morgan fingerprint density at radius 1 is 1.18 bits per heavy atom. The van der Waals surface area contributed by atoms with Crippen molar-refractivity contribution in [3.05, 3.63) is 64.5 Å². The second kappa shape index (κ2) is 7.41. The first-order valence-electron chi connectivity index (χ1n) is 9.19. The number of aromatic nitrogens is 1. The van der Waals surface area contributed by atoms with Crippen LogP contribution in [0.5, 0.6) is 0 Å². The molecule has 7 nitrogen and oxygen atoms in total. The predicted molar refractivity (Wildman–Crippen MR) is 101 cm³/mol. The van der Waals surface area contributed by atoms with Gasteiger partial charge >= 0.3 is 0 Å². The Bertz CT molecular complexity index is 955. The number of ether oxygens (including phenoxy) is 1.